The van der Waals surface area contributed by atoms with Gasteiger partial charge in [-0.15, -0.1) is 24.0 Å². The number of likely N-dealkylation sites (tertiary alicyclic amines) is 1. The molecular formula is C16H26IN3. The van der Waals surface area contributed by atoms with Crippen LogP contribution in [0.5, 0.6) is 0 Å². The number of aliphatic imine (C=N–C) groups is 1. The third-order valence-electron chi connectivity index (χ3n) is 3.88. The van der Waals surface area contributed by atoms with Gasteiger partial charge >= 0.3 is 0 Å². The van der Waals surface area contributed by atoms with Crippen LogP contribution in [0.1, 0.15) is 38.2 Å². The molecular weight excluding hydrogens is 361 g/mol. The van der Waals surface area contributed by atoms with Crippen molar-refractivity contribution in [2.45, 2.75) is 32.6 Å². The fraction of sp³-hybridized carbons (Fsp3) is 0.562. The number of nitrogens with two attached hydrogens (primary N) is 1. The zero-order valence-electron chi connectivity index (χ0n) is 12.5. The number of halogens is 1. The molecule has 1 saturated heterocycles. The van der Waals surface area contributed by atoms with Crippen molar-refractivity contribution in [3.8, 4) is 0 Å². The second-order valence-electron chi connectivity index (χ2n) is 5.70. The highest BCUT2D eigenvalue weighted by Gasteiger charge is 2.17. The summed E-state index contributed by atoms with van der Waals surface area (Å²) in [6, 6.07) is 10.5. The van der Waals surface area contributed by atoms with E-state index >= 15 is 0 Å². The van der Waals surface area contributed by atoms with Gasteiger partial charge in [0.05, 0.1) is 0 Å². The van der Waals surface area contributed by atoms with Crippen LogP contribution >= 0.6 is 24.0 Å². The SMILES string of the molecule is CC1CCCN(C(N)=NCC(C)c2ccccc2)C1.I. The summed E-state index contributed by atoms with van der Waals surface area (Å²) in [5.41, 5.74) is 7.44. The second-order valence-corrected chi connectivity index (χ2v) is 5.70. The Morgan fingerprint density at radius 1 is 1.40 bits per heavy atom. The van der Waals surface area contributed by atoms with E-state index in [1.807, 2.05) is 6.07 Å². The molecule has 3 nitrogen and oxygen atoms in total. The third-order valence-corrected chi connectivity index (χ3v) is 3.88. The van der Waals surface area contributed by atoms with Gasteiger partial charge in [-0.05, 0) is 24.3 Å². The number of guanidine groups is 1. The first-order valence-corrected chi connectivity index (χ1v) is 7.26. The van der Waals surface area contributed by atoms with Crippen molar-refractivity contribution < 1.29 is 0 Å². The van der Waals surface area contributed by atoms with Crippen LogP contribution in [0.4, 0.5) is 0 Å². The molecule has 1 aliphatic rings. The monoisotopic (exact) mass is 387 g/mol. The van der Waals surface area contributed by atoms with Crippen molar-refractivity contribution in [3.05, 3.63) is 35.9 Å². The number of hydrogen-bond donors (Lipinski definition) is 1. The molecule has 0 saturated carbocycles. The summed E-state index contributed by atoms with van der Waals surface area (Å²) in [6.45, 7) is 7.35. The molecule has 1 aromatic rings. The van der Waals surface area contributed by atoms with Gasteiger partial charge in [-0.2, -0.15) is 0 Å². The lowest BCUT2D eigenvalue weighted by molar-refractivity contribution is 0.270. The molecule has 1 heterocycles. The smallest absolute Gasteiger partial charge is 0.191 e. The zero-order chi connectivity index (χ0) is 13.7. The van der Waals surface area contributed by atoms with Gasteiger partial charge in [-0.25, -0.2) is 0 Å². The first-order chi connectivity index (χ1) is 9.16. The predicted octanol–water partition coefficient (Wildman–Crippen LogP) is 3.45. The summed E-state index contributed by atoms with van der Waals surface area (Å²) >= 11 is 0. The Kier molecular flexibility index (Phi) is 7.34. The fourth-order valence-corrected chi connectivity index (χ4v) is 2.61. The summed E-state index contributed by atoms with van der Waals surface area (Å²) in [7, 11) is 0. The van der Waals surface area contributed by atoms with Gasteiger partial charge in [-0.1, -0.05) is 44.2 Å². The molecule has 1 fully saturated rings. The van der Waals surface area contributed by atoms with E-state index in [9.17, 15) is 0 Å². The van der Waals surface area contributed by atoms with E-state index in [0.717, 1.165) is 25.6 Å². The maximum absolute atomic E-state index is 6.11. The number of hydrogen-bond acceptors (Lipinski definition) is 1. The summed E-state index contributed by atoms with van der Waals surface area (Å²) < 4.78 is 0. The normalized spacial score (nSPS) is 21.2. The predicted molar refractivity (Wildman–Crippen MR) is 96.7 cm³/mol. The van der Waals surface area contributed by atoms with Crippen molar-refractivity contribution in [2.75, 3.05) is 19.6 Å². The Labute approximate surface area is 139 Å². The maximum atomic E-state index is 6.11. The molecule has 0 radical (unpaired) electrons. The zero-order valence-corrected chi connectivity index (χ0v) is 14.8. The van der Waals surface area contributed by atoms with Gasteiger partial charge in [0.2, 0.25) is 0 Å². The number of nitrogens with zero attached hydrogens (tertiary/aromatic N) is 2. The second kappa shape index (κ2) is 8.49. The molecule has 20 heavy (non-hydrogen) atoms. The van der Waals surface area contributed by atoms with Crippen LogP contribution in [0.25, 0.3) is 0 Å². The van der Waals surface area contributed by atoms with Crippen molar-refractivity contribution in [1.82, 2.24) is 4.90 Å². The van der Waals surface area contributed by atoms with Crippen molar-refractivity contribution in [3.63, 3.8) is 0 Å². The van der Waals surface area contributed by atoms with Crippen LogP contribution in [0.15, 0.2) is 35.3 Å². The molecule has 4 heteroatoms. The van der Waals surface area contributed by atoms with E-state index in [-0.39, 0.29) is 24.0 Å². The van der Waals surface area contributed by atoms with Crippen molar-refractivity contribution >= 4 is 29.9 Å². The first kappa shape index (κ1) is 17.3. The van der Waals surface area contributed by atoms with Gasteiger partial charge in [0.25, 0.3) is 0 Å². The van der Waals surface area contributed by atoms with E-state index in [1.54, 1.807) is 0 Å². The molecule has 0 amide bonds. The van der Waals surface area contributed by atoms with E-state index in [1.165, 1.54) is 18.4 Å². The Bertz CT molecular complexity index is 419. The van der Waals surface area contributed by atoms with Gasteiger partial charge in [0.1, 0.15) is 0 Å². The number of benzene rings is 1. The molecule has 0 spiro atoms. The highest BCUT2D eigenvalue weighted by Crippen LogP contribution is 2.17. The molecule has 112 valence electrons. The van der Waals surface area contributed by atoms with Gasteiger partial charge in [-0.3, -0.25) is 4.99 Å². The molecule has 2 atom stereocenters. The minimum absolute atomic E-state index is 0. The van der Waals surface area contributed by atoms with Crippen LogP contribution in [0, 0.1) is 5.92 Å². The summed E-state index contributed by atoms with van der Waals surface area (Å²) in [5.74, 6) is 1.87. The number of rotatable bonds is 3. The van der Waals surface area contributed by atoms with Crippen LogP contribution in [-0.2, 0) is 0 Å². The molecule has 1 aromatic carbocycles. The quantitative estimate of drug-likeness (QED) is 0.490. The van der Waals surface area contributed by atoms with Crippen LogP contribution in [0.2, 0.25) is 0 Å². The molecule has 0 aromatic heterocycles. The minimum atomic E-state index is 0. The van der Waals surface area contributed by atoms with Crippen LogP contribution in [-0.4, -0.2) is 30.5 Å². The lowest BCUT2D eigenvalue weighted by atomic mass is 10.0. The lowest BCUT2D eigenvalue weighted by Gasteiger charge is -2.31. The van der Waals surface area contributed by atoms with Gasteiger partial charge < -0.3 is 10.6 Å². The average molecular weight is 387 g/mol. The van der Waals surface area contributed by atoms with Crippen LogP contribution in [0.3, 0.4) is 0 Å². The Hall–Kier alpha value is -0.780. The molecule has 2 N–H and O–H groups in total. The summed E-state index contributed by atoms with van der Waals surface area (Å²) in [5, 5.41) is 0. The summed E-state index contributed by atoms with van der Waals surface area (Å²) in [4.78, 5) is 6.81. The Balaban J connectivity index is 0.00000200. The third kappa shape index (κ3) is 4.96. The van der Waals surface area contributed by atoms with Gasteiger partial charge in [0, 0.05) is 25.6 Å². The van der Waals surface area contributed by atoms with E-state index in [0.29, 0.717) is 11.9 Å². The topological polar surface area (TPSA) is 41.6 Å². The first-order valence-electron chi connectivity index (χ1n) is 7.26. The average Bonchev–Trinajstić information content (AvgIpc) is 2.45. The van der Waals surface area contributed by atoms with Crippen molar-refractivity contribution in [1.29, 1.82) is 0 Å². The van der Waals surface area contributed by atoms with E-state index in [4.69, 9.17) is 5.73 Å². The van der Waals surface area contributed by atoms with Crippen LogP contribution < -0.4 is 5.73 Å². The highest BCUT2D eigenvalue weighted by molar-refractivity contribution is 14.0. The number of piperidine rings is 1. The Morgan fingerprint density at radius 3 is 2.75 bits per heavy atom. The van der Waals surface area contributed by atoms with E-state index in [2.05, 4.69) is 48.0 Å². The molecule has 0 aliphatic carbocycles. The molecule has 1 aliphatic heterocycles. The lowest BCUT2D eigenvalue weighted by Crippen LogP contribution is -2.43. The van der Waals surface area contributed by atoms with Crippen molar-refractivity contribution in [2.24, 2.45) is 16.6 Å². The fourth-order valence-electron chi connectivity index (χ4n) is 2.61. The highest BCUT2D eigenvalue weighted by atomic mass is 127. The largest absolute Gasteiger partial charge is 0.370 e. The standard InChI is InChI=1S/C16H25N3.HI/c1-13-7-6-10-19(12-13)16(17)18-11-14(2)15-8-4-3-5-9-15;/h3-5,8-9,13-14H,6-7,10-12H2,1-2H3,(H2,17,18);1H. The Morgan fingerprint density at radius 2 is 2.10 bits per heavy atom. The van der Waals surface area contributed by atoms with Gasteiger partial charge in [0.15, 0.2) is 5.96 Å². The molecule has 2 unspecified atom stereocenters. The van der Waals surface area contributed by atoms with E-state index < -0.39 is 0 Å². The minimum Gasteiger partial charge on any atom is -0.370 e. The summed E-state index contributed by atoms with van der Waals surface area (Å²) in [6.07, 6.45) is 2.54. The molecule has 2 rings (SSSR count). The molecule has 0 bridgehead atoms. The maximum Gasteiger partial charge on any atom is 0.191 e.